The molecule has 2 heterocycles. The summed E-state index contributed by atoms with van der Waals surface area (Å²) in [5.41, 5.74) is -0.868. The minimum Gasteiger partial charge on any atom is -0.324 e. The Kier molecular flexibility index (Phi) is 5.39. The lowest BCUT2D eigenvalue weighted by Gasteiger charge is -2.18. The summed E-state index contributed by atoms with van der Waals surface area (Å²) in [6.07, 6.45) is 1.57. The highest BCUT2D eigenvalue weighted by Gasteiger charge is 2.44. The first-order chi connectivity index (χ1) is 13.0. The first-order valence-electron chi connectivity index (χ1n) is 8.76. The predicted octanol–water partition coefficient (Wildman–Crippen LogP) is 1.39. The number of sulfonamides is 1. The van der Waals surface area contributed by atoms with Crippen LogP contribution in [-0.4, -0.2) is 60.6 Å². The molecule has 2 aliphatic rings. The van der Waals surface area contributed by atoms with Crippen LogP contribution in [0.25, 0.3) is 0 Å². The zero-order valence-corrected chi connectivity index (χ0v) is 17.1. The topological polar surface area (TPSA) is 116 Å². The average Bonchev–Trinajstić information content (AvgIpc) is 3.20. The van der Waals surface area contributed by atoms with Crippen molar-refractivity contribution in [1.82, 2.24) is 14.5 Å². The monoisotopic (exact) mass is 428 g/mol. The summed E-state index contributed by atoms with van der Waals surface area (Å²) in [4.78, 5) is 37.1. The number of hydrogen-bond acceptors (Lipinski definition) is 5. The van der Waals surface area contributed by atoms with Gasteiger partial charge in [0.2, 0.25) is 15.9 Å². The Hall–Kier alpha value is -2.17. The lowest BCUT2D eigenvalue weighted by Crippen LogP contribution is -2.41. The summed E-state index contributed by atoms with van der Waals surface area (Å²) < 4.78 is 26.9. The summed E-state index contributed by atoms with van der Waals surface area (Å²) in [6.45, 7) is 3.46. The van der Waals surface area contributed by atoms with Crippen LogP contribution in [0.5, 0.6) is 0 Å². The van der Waals surface area contributed by atoms with Crippen LogP contribution in [0, 0.1) is 0 Å². The standard InChI is InChI=1S/C17H21ClN4O5S/c1-17(2)15(24)22(16(25)20-17)10-14(23)19-11-5-6-12(18)13(9-11)28(26,27)21-7-3-4-8-21/h5-6,9H,3-4,7-8,10H2,1-2H3,(H,19,23)(H,20,25). The third kappa shape index (κ3) is 3.85. The molecule has 9 nitrogen and oxygen atoms in total. The number of nitrogens with one attached hydrogen (secondary N) is 2. The molecule has 0 unspecified atom stereocenters. The van der Waals surface area contributed by atoms with Gasteiger partial charge in [0, 0.05) is 18.8 Å². The fourth-order valence-corrected chi connectivity index (χ4v) is 5.17. The van der Waals surface area contributed by atoms with E-state index in [1.165, 1.54) is 22.5 Å². The number of carbonyl (C=O) groups is 3. The first-order valence-corrected chi connectivity index (χ1v) is 10.6. The van der Waals surface area contributed by atoms with Crippen LogP contribution in [0.3, 0.4) is 0 Å². The predicted molar refractivity (Wildman–Crippen MR) is 102 cm³/mol. The van der Waals surface area contributed by atoms with Gasteiger partial charge in [0.15, 0.2) is 0 Å². The normalized spacial score (nSPS) is 19.8. The van der Waals surface area contributed by atoms with Gasteiger partial charge in [-0.15, -0.1) is 0 Å². The molecule has 0 bridgehead atoms. The Balaban J connectivity index is 1.76. The maximum absolute atomic E-state index is 12.8. The highest BCUT2D eigenvalue weighted by Crippen LogP contribution is 2.29. The van der Waals surface area contributed by atoms with Gasteiger partial charge in [-0.25, -0.2) is 13.2 Å². The Morgan fingerprint density at radius 1 is 1.25 bits per heavy atom. The maximum atomic E-state index is 12.8. The van der Waals surface area contributed by atoms with E-state index in [1.807, 2.05) is 0 Å². The number of halogens is 1. The van der Waals surface area contributed by atoms with E-state index in [9.17, 15) is 22.8 Å². The van der Waals surface area contributed by atoms with Gasteiger partial charge in [0.25, 0.3) is 5.91 Å². The maximum Gasteiger partial charge on any atom is 0.325 e. The SMILES string of the molecule is CC1(C)NC(=O)N(CC(=O)Nc2ccc(Cl)c(S(=O)(=O)N3CCCC3)c2)C1=O. The van der Waals surface area contributed by atoms with Crippen molar-refractivity contribution in [2.24, 2.45) is 0 Å². The number of nitrogens with zero attached hydrogens (tertiary/aromatic N) is 2. The second-order valence-corrected chi connectivity index (χ2v) is 9.56. The molecule has 1 aromatic carbocycles. The van der Waals surface area contributed by atoms with Gasteiger partial charge in [-0.1, -0.05) is 11.6 Å². The molecule has 28 heavy (non-hydrogen) atoms. The summed E-state index contributed by atoms with van der Waals surface area (Å²) in [7, 11) is -3.76. The van der Waals surface area contributed by atoms with Crippen molar-refractivity contribution in [2.45, 2.75) is 37.1 Å². The van der Waals surface area contributed by atoms with E-state index in [0.717, 1.165) is 17.7 Å². The molecule has 11 heteroatoms. The van der Waals surface area contributed by atoms with Crippen LogP contribution < -0.4 is 10.6 Å². The molecule has 0 atom stereocenters. The van der Waals surface area contributed by atoms with Crippen molar-refractivity contribution in [2.75, 3.05) is 25.0 Å². The largest absolute Gasteiger partial charge is 0.325 e. The fraction of sp³-hybridized carbons (Fsp3) is 0.471. The van der Waals surface area contributed by atoms with Crippen LogP contribution in [0.2, 0.25) is 5.02 Å². The molecule has 152 valence electrons. The quantitative estimate of drug-likeness (QED) is 0.687. The third-order valence-electron chi connectivity index (χ3n) is 4.64. The van der Waals surface area contributed by atoms with Crippen LogP contribution in [-0.2, 0) is 19.6 Å². The molecule has 4 amide bonds. The van der Waals surface area contributed by atoms with Gasteiger partial charge in [-0.2, -0.15) is 4.31 Å². The fourth-order valence-electron chi connectivity index (χ4n) is 3.15. The Morgan fingerprint density at radius 3 is 2.46 bits per heavy atom. The second kappa shape index (κ2) is 7.34. The van der Waals surface area contributed by atoms with Gasteiger partial charge in [0.05, 0.1) is 5.02 Å². The van der Waals surface area contributed by atoms with Crippen molar-refractivity contribution < 1.29 is 22.8 Å². The highest BCUT2D eigenvalue weighted by atomic mass is 35.5. The molecule has 0 spiro atoms. The lowest BCUT2D eigenvalue weighted by molar-refractivity contribution is -0.132. The zero-order valence-electron chi connectivity index (χ0n) is 15.5. The summed E-state index contributed by atoms with van der Waals surface area (Å²) in [5, 5.41) is 5.05. The average molecular weight is 429 g/mol. The molecule has 0 saturated carbocycles. The van der Waals surface area contributed by atoms with Crippen molar-refractivity contribution in [3.63, 3.8) is 0 Å². The molecule has 2 fully saturated rings. The molecule has 0 aromatic heterocycles. The van der Waals surface area contributed by atoms with E-state index in [-0.39, 0.29) is 15.6 Å². The minimum absolute atomic E-state index is 0.0562. The van der Waals surface area contributed by atoms with Gasteiger partial charge >= 0.3 is 6.03 Å². The number of imide groups is 1. The van der Waals surface area contributed by atoms with Gasteiger partial charge in [-0.3, -0.25) is 14.5 Å². The molecule has 1 aromatic rings. The van der Waals surface area contributed by atoms with Gasteiger partial charge in [-0.05, 0) is 44.9 Å². The first kappa shape index (κ1) is 20.6. The smallest absolute Gasteiger partial charge is 0.324 e. The van der Waals surface area contributed by atoms with E-state index < -0.39 is 40.0 Å². The number of rotatable bonds is 5. The molecule has 2 N–H and O–H groups in total. The Bertz CT molecular complexity index is 941. The van der Waals surface area contributed by atoms with Crippen LogP contribution in [0.1, 0.15) is 26.7 Å². The van der Waals surface area contributed by atoms with Crippen LogP contribution in [0.4, 0.5) is 10.5 Å². The molecule has 2 saturated heterocycles. The van der Waals surface area contributed by atoms with Crippen LogP contribution in [0.15, 0.2) is 23.1 Å². The molecular weight excluding hydrogens is 408 g/mol. The van der Waals surface area contributed by atoms with Crippen molar-refractivity contribution in [3.8, 4) is 0 Å². The number of benzene rings is 1. The Labute approximate surface area is 168 Å². The molecule has 2 aliphatic heterocycles. The van der Waals surface area contributed by atoms with E-state index in [4.69, 9.17) is 11.6 Å². The van der Waals surface area contributed by atoms with Gasteiger partial charge in [0.1, 0.15) is 17.0 Å². The van der Waals surface area contributed by atoms with E-state index in [0.29, 0.717) is 13.1 Å². The second-order valence-electron chi connectivity index (χ2n) is 7.25. The number of carbonyl (C=O) groups excluding carboxylic acids is 3. The van der Waals surface area contributed by atoms with Crippen LogP contribution >= 0.6 is 11.6 Å². The number of amides is 4. The number of anilines is 1. The number of hydrogen-bond donors (Lipinski definition) is 2. The highest BCUT2D eigenvalue weighted by molar-refractivity contribution is 7.89. The summed E-state index contributed by atoms with van der Waals surface area (Å²) in [6, 6.07) is 3.47. The molecule has 0 radical (unpaired) electrons. The van der Waals surface area contributed by atoms with E-state index in [1.54, 1.807) is 13.8 Å². The molecular formula is C17H21ClN4O5S. The van der Waals surface area contributed by atoms with E-state index in [2.05, 4.69) is 10.6 Å². The summed E-state index contributed by atoms with van der Waals surface area (Å²) >= 11 is 6.08. The third-order valence-corrected chi connectivity index (χ3v) is 7.02. The molecule has 0 aliphatic carbocycles. The van der Waals surface area contributed by atoms with Crippen molar-refractivity contribution in [1.29, 1.82) is 0 Å². The van der Waals surface area contributed by atoms with E-state index >= 15 is 0 Å². The minimum atomic E-state index is -3.76. The lowest BCUT2D eigenvalue weighted by atomic mass is 10.1. The zero-order chi connectivity index (χ0) is 20.7. The summed E-state index contributed by atoms with van der Waals surface area (Å²) in [5.74, 6) is -1.14. The number of urea groups is 1. The van der Waals surface area contributed by atoms with Crippen molar-refractivity contribution in [3.05, 3.63) is 23.2 Å². The molecule has 3 rings (SSSR count). The van der Waals surface area contributed by atoms with Crippen molar-refractivity contribution >= 4 is 45.2 Å². The van der Waals surface area contributed by atoms with Gasteiger partial charge < -0.3 is 10.6 Å². The Morgan fingerprint density at radius 2 is 1.89 bits per heavy atom.